The van der Waals surface area contributed by atoms with Crippen LogP contribution in [0.4, 0.5) is 0 Å². The van der Waals surface area contributed by atoms with Crippen LogP contribution in [-0.4, -0.2) is 0 Å². The van der Waals surface area contributed by atoms with E-state index in [0.717, 1.165) is 11.8 Å². The summed E-state index contributed by atoms with van der Waals surface area (Å²) in [7, 11) is 0. The van der Waals surface area contributed by atoms with Crippen molar-refractivity contribution in [3.8, 4) is 0 Å². The van der Waals surface area contributed by atoms with Crippen LogP contribution in [0.5, 0.6) is 0 Å². The topological polar surface area (TPSA) is 0 Å². The van der Waals surface area contributed by atoms with E-state index < -0.39 is 0 Å². The maximum Gasteiger partial charge on any atom is 0.00421 e. The van der Waals surface area contributed by atoms with Crippen LogP contribution >= 0.6 is 0 Å². The van der Waals surface area contributed by atoms with Gasteiger partial charge in [0.15, 0.2) is 0 Å². The fourth-order valence-corrected chi connectivity index (χ4v) is 5.18. The molecule has 1 fully saturated rings. The summed E-state index contributed by atoms with van der Waals surface area (Å²) in [5, 5.41) is 0. The molecule has 0 aliphatic heterocycles. The fraction of sp³-hybridized carbons (Fsp3) is 0.680. The van der Waals surface area contributed by atoms with Crippen molar-refractivity contribution in [3.05, 3.63) is 47.6 Å². The van der Waals surface area contributed by atoms with Crippen molar-refractivity contribution in [1.29, 1.82) is 0 Å². The normalized spacial score (nSPS) is 30.6. The highest BCUT2D eigenvalue weighted by atomic mass is 14.3. The van der Waals surface area contributed by atoms with Crippen molar-refractivity contribution >= 4 is 0 Å². The molecule has 1 atom stereocenters. The first-order valence-electron chi connectivity index (χ1n) is 11.0. The Morgan fingerprint density at radius 2 is 1.68 bits per heavy atom. The van der Waals surface area contributed by atoms with E-state index >= 15 is 0 Å². The number of unbranched alkanes of at least 4 members (excludes halogenated alkanes) is 2. The zero-order chi connectivity index (χ0) is 17.5. The van der Waals surface area contributed by atoms with Gasteiger partial charge in [-0.1, -0.05) is 80.2 Å². The van der Waals surface area contributed by atoms with Crippen molar-refractivity contribution in [2.75, 3.05) is 0 Å². The summed E-state index contributed by atoms with van der Waals surface area (Å²) < 4.78 is 0. The summed E-state index contributed by atoms with van der Waals surface area (Å²) in [6.07, 6.45) is 27.4. The predicted molar refractivity (Wildman–Crippen MR) is 111 cm³/mol. The number of hydrogen-bond acceptors (Lipinski definition) is 0. The van der Waals surface area contributed by atoms with Gasteiger partial charge in [0.1, 0.15) is 0 Å². The van der Waals surface area contributed by atoms with E-state index in [9.17, 15) is 0 Å². The van der Waals surface area contributed by atoms with Crippen molar-refractivity contribution in [2.24, 2.45) is 17.8 Å². The summed E-state index contributed by atoms with van der Waals surface area (Å²) in [4.78, 5) is 0. The Bertz CT molecular complexity index is 522. The van der Waals surface area contributed by atoms with Crippen LogP contribution in [0.25, 0.3) is 0 Å². The second-order valence-electron chi connectivity index (χ2n) is 8.65. The van der Waals surface area contributed by atoms with Crippen LogP contribution in [-0.2, 0) is 0 Å². The largest absolute Gasteiger partial charge is 0.0992 e. The van der Waals surface area contributed by atoms with Crippen LogP contribution in [0, 0.1) is 17.8 Å². The Balaban J connectivity index is 1.52. The molecule has 25 heavy (non-hydrogen) atoms. The van der Waals surface area contributed by atoms with Gasteiger partial charge in [0.2, 0.25) is 0 Å². The van der Waals surface area contributed by atoms with E-state index in [2.05, 4.69) is 37.8 Å². The van der Waals surface area contributed by atoms with E-state index in [-0.39, 0.29) is 0 Å². The third kappa shape index (κ3) is 5.22. The molecule has 0 aromatic carbocycles. The predicted octanol–water partition coefficient (Wildman–Crippen LogP) is 7.93. The quantitative estimate of drug-likeness (QED) is 0.340. The first-order chi connectivity index (χ1) is 12.3. The average molecular weight is 339 g/mol. The molecule has 0 amide bonds. The van der Waals surface area contributed by atoms with Crippen LogP contribution in [0.3, 0.4) is 0 Å². The summed E-state index contributed by atoms with van der Waals surface area (Å²) in [6, 6.07) is 0. The van der Waals surface area contributed by atoms with Crippen molar-refractivity contribution in [1.82, 2.24) is 0 Å². The number of allylic oxidation sites excluding steroid dienone is 7. The second-order valence-corrected chi connectivity index (χ2v) is 8.65. The van der Waals surface area contributed by atoms with Gasteiger partial charge < -0.3 is 0 Å². The maximum absolute atomic E-state index is 4.38. The van der Waals surface area contributed by atoms with Gasteiger partial charge in [-0.05, 0) is 69.6 Å². The molecule has 0 heterocycles. The van der Waals surface area contributed by atoms with Crippen LogP contribution < -0.4 is 0 Å². The fourth-order valence-electron chi connectivity index (χ4n) is 5.18. The molecule has 0 aromatic rings. The van der Waals surface area contributed by atoms with E-state index in [4.69, 9.17) is 0 Å². The Morgan fingerprint density at radius 3 is 2.40 bits per heavy atom. The molecule has 0 spiro atoms. The second kappa shape index (κ2) is 9.60. The first-order valence-corrected chi connectivity index (χ1v) is 11.0. The molecule has 3 aliphatic rings. The molecule has 0 radical (unpaired) electrons. The monoisotopic (exact) mass is 338 g/mol. The minimum Gasteiger partial charge on any atom is -0.0992 e. The molecule has 0 aromatic heterocycles. The Morgan fingerprint density at radius 1 is 0.920 bits per heavy atom. The standard InChI is InChI=1S/C25H38/c1-3-4-6-10-21-12-14-22(15-13-21)23-16-18-24(19-17-23)25-11-8-5-7-9-20(25)2/h5,8,16,18,21-22,25H,2-4,6-7,9-15,17,19H2,1H3. The summed E-state index contributed by atoms with van der Waals surface area (Å²) in [5.74, 6) is 2.53. The lowest BCUT2D eigenvalue weighted by Crippen LogP contribution is -2.18. The third-order valence-electron chi connectivity index (χ3n) is 6.91. The molecule has 0 saturated heterocycles. The van der Waals surface area contributed by atoms with Gasteiger partial charge in [0.05, 0.1) is 0 Å². The van der Waals surface area contributed by atoms with Crippen molar-refractivity contribution in [3.63, 3.8) is 0 Å². The molecular formula is C25H38. The highest BCUT2D eigenvalue weighted by Crippen LogP contribution is 2.41. The van der Waals surface area contributed by atoms with Gasteiger partial charge >= 0.3 is 0 Å². The molecule has 0 heteroatoms. The molecule has 0 bridgehead atoms. The zero-order valence-electron chi connectivity index (χ0n) is 16.4. The summed E-state index contributed by atoms with van der Waals surface area (Å²) >= 11 is 0. The summed E-state index contributed by atoms with van der Waals surface area (Å²) in [6.45, 7) is 6.69. The molecule has 0 N–H and O–H groups in total. The minimum absolute atomic E-state index is 0.617. The molecule has 3 rings (SSSR count). The maximum atomic E-state index is 4.38. The lowest BCUT2D eigenvalue weighted by Gasteiger charge is -2.32. The van der Waals surface area contributed by atoms with E-state index in [0.29, 0.717) is 5.92 Å². The molecule has 3 aliphatic carbocycles. The van der Waals surface area contributed by atoms with Crippen LogP contribution in [0.15, 0.2) is 47.6 Å². The van der Waals surface area contributed by atoms with Gasteiger partial charge in [-0.2, -0.15) is 0 Å². The molecule has 138 valence electrons. The first kappa shape index (κ1) is 18.7. The van der Waals surface area contributed by atoms with E-state index in [1.807, 2.05) is 0 Å². The van der Waals surface area contributed by atoms with Gasteiger partial charge in [0.25, 0.3) is 0 Å². The van der Waals surface area contributed by atoms with E-state index in [1.165, 1.54) is 89.0 Å². The SMILES string of the molecule is C=C1CCC=CCC1C1=CC=C(C2CCC(CCCCC)CC2)CC1. The number of hydrogen-bond donors (Lipinski definition) is 0. The smallest absolute Gasteiger partial charge is 0.00421 e. The van der Waals surface area contributed by atoms with Gasteiger partial charge in [0, 0.05) is 5.92 Å². The van der Waals surface area contributed by atoms with Gasteiger partial charge in [-0.15, -0.1) is 0 Å². The molecule has 1 saturated carbocycles. The third-order valence-corrected chi connectivity index (χ3v) is 6.91. The van der Waals surface area contributed by atoms with E-state index in [1.54, 1.807) is 11.1 Å². The highest BCUT2D eigenvalue weighted by Gasteiger charge is 2.26. The van der Waals surface area contributed by atoms with Crippen molar-refractivity contribution in [2.45, 2.75) is 90.4 Å². The zero-order valence-corrected chi connectivity index (χ0v) is 16.4. The Hall–Kier alpha value is -1.04. The Kier molecular flexibility index (Phi) is 7.20. The molecule has 1 unspecified atom stereocenters. The van der Waals surface area contributed by atoms with Crippen LogP contribution in [0.2, 0.25) is 0 Å². The average Bonchev–Trinajstić information content (AvgIpc) is 2.87. The molecular weight excluding hydrogens is 300 g/mol. The summed E-state index contributed by atoms with van der Waals surface area (Å²) in [5.41, 5.74) is 4.86. The highest BCUT2D eigenvalue weighted by molar-refractivity contribution is 5.32. The van der Waals surface area contributed by atoms with Crippen molar-refractivity contribution < 1.29 is 0 Å². The van der Waals surface area contributed by atoms with Gasteiger partial charge in [-0.25, -0.2) is 0 Å². The Labute approximate surface area is 156 Å². The minimum atomic E-state index is 0.617. The number of rotatable bonds is 6. The molecule has 0 nitrogen and oxygen atoms in total. The van der Waals surface area contributed by atoms with Gasteiger partial charge in [-0.3, -0.25) is 0 Å². The lowest BCUT2D eigenvalue weighted by molar-refractivity contribution is 0.278. The lowest BCUT2D eigenvalue weighted by atomic mass is 9.73. The van der Waals surface area contributed by atoms with Crippen LogP contribution in [0.1, 0.15) is 90.4 Å².